The van der Waals surface area contributed by atoms with Crippen LogP contribution in [0.25, 0.3) is 5.78 Å². The topological polar surface area (TPSA) is 102 Å². The molecule has 0 radical (unpaired) electrons. The van der Waals surface area contributed by atoms with Crippen LogP contribution in [0.5, 0.6) is 5.75 Å². The van der Waals surface area contributed by atoms with Crippen molar-refractivity contribution in [1.29, 1.82) is 0 Å². The molecule has 4 rings (SSSR count). The average molecular weight is 422 g/mol. The summed E-state index contributed by atoms with van der Waals surface area (Å²) in [6.07, 6.45) is 3.53. The van der Waals surface area contributed by atoms with E-state index in [2.05, 4.69) is 20.4 Å². The highest BCUT2D eigenvalue weighted by atomic mass is 16.5. The molecule has 0 unspecified atom stereocenters. The van der Waals surface area contributed by atoms with E-state index >= 15 is 0 Å². The van der Waals surface area contributed by atoms with E-state index in [4.69, 9.17) is 4.74 Å². The summed E-state index contributed by atoms with van der Waals surface area (Å²) in [4.78, 5) is 35.1. The second kappa shape index (κ2) is 8.33. The van der Waals surface area contributed by atoms with Gasteiger partial charge in [-0.25, -0.2) is 9.50 Å². The summed E-state index contributed by atoms with van der Waals surface area (Å²) >= 11 is 0. The van der Waals surface area contributed by atoms with E-state index in [9.17, 15) is 9.59 Å². The summed E-state index contributed by atoms with van der Waals surface area (Å²) in [7, 11) is 0. The van der Waals surface area contributed by atoms with E-state index in [1.54, 1.807) is 34.8 Å². The standard InChI is InChI=1S/C22H26N6O3/c1-22(2,3)18-12-17(26-21-23-14-24-28(18)21)20(30)25-15-6-8-16(9-7-15)31-13-19(29)27-10-4-5-11-27/h6-9,12,14H,4-5,10-11,13H2,1-3H3,(H,25,30). The van der Waals surface area contributed by atoms with Crippen LogP contribution >= 0.6 is 0 Å². The Morgan fingerprint density at radius 3 is 2.52 bits per heavy atom. The zero-order valence-electron chi connectivity index (χ0n) is 18.0. The summed E-state index contributed by atoms with van der Waals surface area (Å²) in [5.74, 6) is 0.612. The Balaban J connectivity index is 1.42. The van der Waals surface area contributed by atoms with Gasteiger partial charge in [-0.3, -0.25) is 9.59 Å². The smallest absolute Gasteiger partial charge is 0.274 e. The average Bonchev–Trinajstić information content (AvgIpc) is 3.43. The van der Waals surface area contributed by atoms with E-state index in [1.165, 1.54) is 6.33 Å². The highest BCUT2D eigenvalue weighted by Crippen LogP contribution is 2.23. The Hall–Kier alpha value is -3.49. The zero-order chi connectivity index (χ0) is 22.0. The molecule has 1 fully saturated rings. The highest BCUT2D eigenvalue weighted by molar-refractivity contribution is 6.03. The van der Waals surface area contributed by atoms with E-state index in [0.29, 0.717) is 17.2 Å². The Morgan fingerprint density at radius 1 is 1.13 bits per heavy atom. The molecule has 1 saturated heterocycles. The van der Waals surface area contributed by atoms with Crippen molar-refractivity contribution in [3.05, 3.63) is 48.0 Å². The zero-order valence-corrected chi connectivity index (χ0v) is 18.0. The van der Waals surface area contributed by atoms with Crippen LogP contribution in [0, 0.1) is 0 Å². The molecule has 9 heteroatoms. The number of hydrogen-bond donors (Lipinski definition) is 1. The minimum atomic E-state index is -0.339. The lowest BCUT2D eigenvalue weighted by molar-refractivity contribution is -0.132. The number of nitrogens with one attached hydrogen (secondary N) is 1. The molecular formula is C22H26N6O3. The molecule has 0 bridgehead atoms. The van der Waals surface area contributed by atoms with E-state index in [0.717, 1.165) is 31.6 Å². The number of carbonyl (C=O) groups is 2. The number of ether oxygens (including phenoxy) is 1. The van der Waals surface area contributed by atoms with Crippen molar-refractivity contribution < 1.29 is 14.3 Å². The van der Waals surface area contributed by atoms with E-state index < -0.39 is 0 Å². The molecule has 31 heavy (non-hydrogen) atoms. The minimum Gasteiger partial charge on any atom is -0.484 e. The van der Waals surface area contributed by atoms with E-state index in [-0.39, 0.29) is 29.5 Å². The van der Waals surface area contributed by atoms with Crippen LogP contribution in [-0.4, -0.2) is 56.0 Å². The number of nitrogens with zero attached hydrogens (tertiary/aromatic N) is 5. The molecule has 1 aromatic carbocycles. The molecule has 0 saturated carbocycles. The predicted octanol–water partition coefficient (Wildman–Crippen LogP) is 2.68. The van der Waals surface area contributed by atoms with Crippen LogP contribution < -0.4 is 10.1 Å². The third-order valence-corrected chi connectivity index (χ3v) is 5.19. The molecule has 0 spiro atoms. The largest absolute Gasteiger partial charge is 0.484 e. The van der Waals surface area contributed by atoms with Crippen molar-refractivity contribution in [2.75, 3.05) is 25.0 Å². The molecule has 1 N–H and O–H groups in total. The van der Waals surface area contributed by atoms with Crippen LogP contribution in [-0.2, 0) is 10.2 Å². The quantitative estimate of drug-likeness (QED) is 0.678. The Labute approximate surface area is 180 Å². The maximum Gasteiger partial charge on any atom is 0.274 e. The molecule has 3 aromatic rings. The van der Waals surface area contributed by atoms with Gasteiger partial charge < -0.3 is 15.0 Å². The van der Waals surface area contributed by atoms with Gasteiger partial charge in [0.2, 0.25) is 0 Å². The fraction of sp³-hybridized carbons (Fsp3) is 0.409. The Morgan fingerprint density at radius 2 is 1.84 bits per heavy atom. The van der Waals surface area contributed by atoms with Crippen molar-refractivity contribution in [2.24, 2.45) is 0 Å². The fourth-order valence-electron chi connectivity index (χ4n) is 3.50. The summed E-state index contributed by atoms with van der Waals surface area (Å²) in [5.41, 5.74) is 1.47. The van der Waals surface area contributed by atoms with Crippen LogP contribution in [0.2, 0.25) is 0 Å². The molecule has 1 aliphatic rings. The van der Waals surface area contributed by atoms with Gasteiger partial charge in [-0.05, 0) is 43.2 Å². The number of benzene rings is 1. The molecule has 0 aliphatic carbocycles. The van der Waals surface area contributed by atoms with Crippen LogP contribution in [0.1, 0.15) is 49.8 Å². The first-order valence-electron chi connectivity index (χ1n) is 10.3. The number of likely N-dealkylation sites (tertiary alicyclic amines) is 1. The molecule has 9 nitrogen and oxygen atoms in total. The third-order valence-electron chi connectivity index (χ3n) is 5.19. The number of aromatic nitrogens is 4. The van der Waals surface area contributed by atoms with Crippen LogP contribution in [0.4, 0.5) is 5.69 Å². The van der Waals surface area contributed by atoms with Gasteiger partial charge in [-0.2, -0.15) is 10.1 Å². The summed E-state index contributed by atoms with van der Waals surface area (Å²) < 4.78 is 7.23. The second-order valence-corrected chi connectivity index (χ2v) is 8.60. The van der Waals surface area contributed by atoms with Gasteiger partial charge in [-0.15, -0.1) is 0 Å². The predicted molar refractivity (Wildman–Crippen MR) is 115 cm³/mol. The van der Waals surface area contributed by atoms with Gasteiger partial charge in [0, 0.05) is 24.2 Å². The summed E-state index contributed by atoms with van der Waals surface area (Å²) in [5, 5.41) is 7.05. The van der Waals surface area contributed by atoms with Crippen molar-refractivity contribution >= 4 is 23.3 Å². The first-order chi connectivity index (χ1) is 14.8. The van der Waals surface area contributed by atoms with E-state index in [1.807, 2.05) is 25.7 Å². The van der Waals surface area contributed by atoms with Gasteiger partial charge in [-0.1, -0.05) is 20.8 Å². The normalized spacial score (nSPS) is 14.1. The Bertz CT molecular complexity index is 1090. The minimum absolute atomic E-state index is 0.000482. The number of carbonyl (C=O) groups excluding carboxylic acids is 2. The third kappa shape index (κ3) is 4.65. The van der Waals surface area contributed by atoms with Crippen molar-refractivity contribution in [1.82, 2.24) is 24.5 Å². The van der Waals surface area contributed by atoms with Gasteiger partial charge in [0.05, 0.1) is 5.69 Å². The first-order valence-corrected chi connectivity index (χ1v) is 10.3. The van der Waals surface area contributed by atoms with Gasteiger partial charge in [0.25, 0.3) is 17.6 Å². The highest BCUT2D eigenvalue weighted by Gasteiger charge is 2.22. The van der Waals surface area contributed by atoms with Crippen LogP contribution in [0.3, 0.4) is 0 Å². The molecule has 2 aromatic heterocycles. The maximum atomic E-state index is 12.8. The summed E-state index contributed by atoms with van der Waals surface area (Å²) in [6, 6.07) is 8.64. The lowest BCUT2D eigenvalue weighted by atomic mass is 9.91. The molecule has 2 amide bonds. The lowest BCUT2D eigenvalue weighted by Gasteiger charge is -2.20. The summed E-state index contributed by atoms with van der Waals surface area (Å²) in [6.45, 7) is 7.75. The number of amides is 2. The molecule has 162 valence electrons. The number of fused-ring (bicyclic) bond motifs is 1. The SMILES string of the molecule is CC(C)(C)c1cc(C(=O)Nc2ccc(OCC(=O)N3CCCC3)cc2)nc2ncnn12. The lowest BCUT2D eigenvalue weighted by Crippen LogP contribution is -2.32. The Kier molecular flexibility index (Phi) is 5.58. The van der Waals surface area contributed by atoms with Gasteiger partial charge >= 0.3 is 0 Å². The molecule has 3 heterocycles. The second-order valence-electron chi connectivity index (χ2n) is 8.60. The number of anilines is 1. The molecule has 0 atom stereocenters. The van der Waals surface area contributed by atoms with Crippen molar-refractivity contribution in [2.45, 2.75) is 39.0 Å². The van der Waals surface area contributed by atoms with Crippen molar-refractivity contribution in [3.8, 4) is 5.75 Å². The van der Waals surface area contributed by atoms with Crippen molar-refractivity contribution in [3.63, 3.8) is 0 Å². The molecular weight excluding hydrogens is 396 g/mol. The van der Waals surface area contributed by atoms with Crippen LogP contribution in [0.15, 0.2) is 36.7 Å². The number of hydrogen-bond acceptors (Lipinski definition) is 6. The van der Waals surface area contributed by atoms with Gasteiger partial charge in [0.1, 0.15) is 17.8 Å². The fourth-order valence-corrected chi connectivity index (χ4v) is 3.50. The monoisotopic (exact) mass is 422 g/mol. The first kappa shape index (κ1) is 20.8. The maximum absolute atomic E-state index is 12.8. The number of rotatable bonds is 5. The molecule has 1 aliphatic heterocycles. The van der Waals surface area contributed by atoms with Gasteiger partial charge in [0.15, 0.2) is 6.61 Å².